The monoisotopic (exact) mass is 370 g/mol. The number of quaternary nitrogens is 1. The van der Waals surface area contributed by atoms with Crippen molar-refractivity contribution in [2.24, 2.45) is 0 Å². The van der Waals surface area contributed by atoms with E-state index >= 15 is 0 Å². The van der Waals surface area contributed by atoms with E-state index in [0.29, 0.717) is 5.69 Å². The number of benzene rings is 1. The van der Waals surface area contributed by atoms with Gasteiger partial charge in [-0.05, 0) is 39.8 Å². The number of rotatable bonds is 4. The van der Waals surface area contributed by atoms with Crippen LogP contribution in [0.15, 0.2) is 36.7 Å². The van der Waals surface area contributed by atoms with Gasteiger partial charge in [-0.1, -0.05) is 18.2 Å². The van der Waals surface area contributed by atoms with Crippen LogP contribution in [-0.2, 0) is 0 Å². The van der Waals surface area contributed by atoms with E-state index in [1.807, 2.05) is 18.2 Å². The van der Waals surface area contributed by atoms with Crippen LogP contribution in [-0.4, -0.2) is 38.9 Å². The van der Waals surface area contributed by atoms with E-state index in [9.17, 15) is 9.59 Å². The van der Waals surface area contributed by atoms with Gasteiger partial charge in [0.1, 0.15) is 5.69 Å². The smallest absolute Gasteiger partial charge is 0.276 e. The first-order valence-corrected chi connectivity index (χ1v) is 9.23. The molecule has 7 heteroatoms. The lowest BCUT2D eigenvalue weighted by atomic mass is 9.79. The Kier molecular flexibility index (Phi) is 5.06. The van der Waals surface area contributed by atoms with Crippen molar-refractivity contribution < 1.29 is 14.9 Å². The molecule has 1 aromatic carbocycles. The Morgan fingerprint density at radius 1 is 1.07 bits per heavy atom. The molecule has 0 saturated carbocycles. The van der Waals surface area contributed by atoms with Crippen LogP contribution in [0.4, 0.5) is 5.69 Å². The normalized spacial score (nSPS) is 18.7. The lowest BCUT2D eigenvalue weighted by Crippen LogP contribution is -3.06. The molecule has 1 fully saturated rings. The number of H-pyrrole nitrogens is 1. The minimum absolute atomic E-state index is 0.0424. The second-order valence-corrected chi connectivity index (χ2v) is 8.65. The third-order valence-corrected chi connectivity index (χ3v) is 4.77. The molecule has 0 bridgehead atoms. The van der Waals surface area contributed by atoms with Gasteiger partial charge in [-0.2, -0.15) is 0 Å². The Bertz CT molecular complexity index is 810. The molecule has 2 aromatic rings. The van der Waals surface area contributed by atoms with Crippen LogP contribution in [0.2, 0.25) is 0 Å². The first-order valence-electron chi connectivity index (χ1n) is 9.23. The molecule has 0 atom stereocenters. The fourth-order valence-corrected chi connectivity index (χ4v) is 4.23. The second kappa shape index (κ2) is 7.15. The quantitative estimate of drug-likeness (QED) is 0.658. The number of hydrogen-bond donors (Lipinski definition) is 4. The maximum atomic E-state index is 12.8. The van der Waals surface area contributed by atoms with Crippen LogP contribution in [0.25, 0.3) is 0 Å². The van der Waals surface area contributed by atoms with E-state index in [2.05, 4.69) is 53.6 Å². The number of carbonyl (C=O) groups is 2. The van der Waals surface area contributed by atoms with Crippen molar-refractivity contribution in [1.29, 1.82) is 0 Å². The van der Waals surface area contributed by atoms with Gasteiger partial charge < -0.3 is 20.9 Å². The lowest BCUT2D eigenvalue weighted by molar-refractivity contribution is -0.787. The maximum absolute atomic E-state index is 12.8. The molecule has 144 valence electrons. The fraction of sp³-hybridized carbons (Fsp3) is 0.450. The molecule has 27 heavy (non-hydrogen) atoms. The molecule has 0 radical (unpaired) electrons. The molecule has 1 saturated heterocycles. The summed E-state index contributed by atoms with van der Waals surface area (Å²) < 4.78 is 0. The number of nitrogens with zero attached hydrogens (tertiary/aromatic N) is 1. The van der Waals surface area contributed by atoms with Crippen molar-refractivity contribution in [3.05, 3.63) is 48.0 Å². The molecule has 3 rings (SSSR count). The molecule has 0 spiro atoms. The number of anilines is 1. The van der Waals surface area contributed by atoms with Gasteiger partial charge in [-0.3, -0.25) is 9.59 Å². The van der Waals surface area contributed by atoms with Crippen LogP contribution in [0.3, 0.4) is 0 Å². The van der Waals surface area contributed by atoms with E-state index in [-0.39, 0.29) is 34.4 Å². The van der Waals surface area contributed by atoms with Crippen molar-refractivity contribution in [1.82, 2.24) is 15.3 Å². The van der Waals surface area contributed by atoms with Gasteiger partial charge in [0.2, 0.25) is 0 Å². The minimum atomic E-state index is -0.412. The number of amides is 2. The van der Waals surface area contributed by atoms with E-state index < -0.39 is 5.91 Å². The van der Waals surface area contributed by atoms with Gasteiger partial charge >= 0.3 is 0 Å². The number of piperidine rings is 1. The van der Waals surface area contributed by atoms with Crippen LogP contribution in [0.5, 0.6) is 0 Å². The molecular weight excluding hydrogens is 342 g/mol. The highest BCUT2D eigenvalue weighted by atomic mass is 16.2. The lowest BCUT2D eigenvalue weighted by Gasteiger charge is -2.43. The van der Waals surface area contributed by atoms with Crippen LogP contribution >= 0.6 is 0 Å². The molecule has 1 aliphatic heterocycles. The number of para-hydroxylation sites is 1. The van der Waals surface area contributed by atoms with Crippen LogP contribution < -0.4 is 16.0 Å². The van der Waals surface area contributed by atoms with Crippen molar-refractivity contribution in [3.63, 3.8) is 0 Å². The summed E-state index contributed by atoms with van der Waals surface area (Å²) in [6, 6.07) is 9.14. The van der Waals surface area contributed by atoms with Crippen LogP contribution in [0, 0.1) is 0 Å². The van der Waals surface area contributed by atoms with Crippen molar-refractivity contribution in [3.8, 4) is 0 Å². The average molecular weight is 370 g/mol. The summed E-state index contributed by atoms with van der Waals surface area (Å²) in [7, 11) is 0. The van der Waals surface area contributed by atoms with Crippen molar-refractivity contribution in [2.45, 2.75) is 57.7 Å². The van der Waals surface area contributed by atoms with Gasteiger partial charge in [0.05, 0.1) is 17.4 Å². The standard InChI is InChI=1S/C20H27N5O2/c1-19(2)10-14(11-20(3,4)25-19)24-18(27)16-15(21-12-22-16)17(26)23-13-8-6-5-7-9-13/h5-9,12,14,25H,10-11H2,1-4H3,(H,21,22)(H,23,26)(H,24,27)/p+1. The predicted molar refractivity (Wildman–Crippen MR) is 104 cm³/mol. The molecule has 2 heterocycles. The van der Waals surface area contributed by atoms with Gasteiger partial charge in [-0.15, -0.1) is 0 Å². The summed E-state index contributed by atoms with van der Waals surface area (Å²) in [5.74, 6) is -0.713. The van der Waals surface area contributed by atoms with Crippen LogP contribution in [0.1, 0.15) is 61.5 Å². The Morgan fingerprint density at radius 3 is 2.33 bits per heavy atom. The molecular formula is C20H28N5O2+. The molecule has 1 aromatic heterocycles. The first-order chi connectivity index (χ1) is 12.7. The van der Waals surface area contributed by atoms with Gasteiger partial charge in [0.15, 0.2) is 5.69 Å². The van der Waals surface area contributed by atoms with E-state index in [1.54, 1.807) is 12.1 Å². The Balaban J connectivity index is 1.71. The number of nitrogens with one attached hydrogen (secondary N) is 3. The Hall–Kier alpha value is -2.67. The van der Waals surface area contributed by atoms with E-state index in [1.165, 1.54) is 6.33 Å². The van der Waals surface area contributed by atoms with E-state index in [0.717, 1.165) is 12.8 Å². The van der Waals surface area contributed by atoms with Gasteiger partial charge in [0, 0.05) is 24.6 Å². The van der Waals surface area contributed by atoms with Crippen molar-refractivity contribution in [2.75, 3.05) is 5.32 Å². The third kappa shape index (κ3) is 4.74. The fourth-order valence-electron chi connectivity index (χ4n) is 4.23. The van der Waals surface area contributed by atoms with Gasteiger partial charge in [0.25, 0.3) is 11.8 Å². The number of nitrogens with two attached hydrogens (primary N) is 1. The third-order valence-electron chi connectivity index (χ3n) is 4.77. The maximum Gasteiger partial charge on any atom is 0.276 e. The zero-order chi connectivity index (χ0) is 19.7. The molecule has 2 amide bonds. The Labute approximate surface area is 159 Å². The summed E-state index contributed by atoms with van der Waals surface area (Å²) in [6.45, 7) is 8.73. The number of imidazole rings is 1. The largest absolute Gasteiger partial charge is 0.347 e. The van der Waals surface area contributed by atoms with Crippen molar-refractivity contribution >= 4 is 17.5 Å². The highest BCUT2D eigenvalue weighted by Crippen LogP contribution is 2.22. The average Bonchev–Trinajstić information content (AvgIpc) is 3.02. The summed E-state index contributed by atoms with van der Waals surface area (Å²) in [5.41, 5.74) is 1.02. The topological polar surface area (TPSA) is 103 Å². The highest BCUT2D eigenvalue weighted by Gasteiger charge is 2.42. The van der Waals surface area contributed by atoms with Gasteiger partial charge in [-0.25, -0.2) is 4.98 Å². The zero-order valence-corrected chi connectivity index (χ0v) is 16.3. The molecule has 0 unspecified atom stereocenters. The molecule has 7 nitrogen and oxygen atoms in total. The second-order valence-electron chi connectivity index (χ2n) is 8.65. The summed E-state index contributed by atoms with van der Waals surface area (Å²) in [6.07, 6.45) is 3.10. The molecule has 0 aliphatic carbocycles. The zero-order valence-electron chi connectivity index (χ0n) is 16.3. The number of aromatic amines is 1. The molecule has 1 aliphatic rings. The molecule has 5 N–H and O–H groups in total. The number of hydrogen-bond acceptors (Lipinski definition) is 3. The Morgan fingerprint density at radius 2 is 1.70 bits per heavy atom. The minimum Gasteiger partial charge on any atom is -0.347 e. The number of aromatic nitrogens is 2. The SMILES string of the molecule is CC1(C)CC(NC(=O)c2[nH]cnc2C(=O)Nc2ccccc2)CC(C)(C)[NH2+]1. The highest BCUT2D eigenvalue weighted by molar-refractivity contribution is 6.10. The summed E-state index contributed by atoms with van der Waals surface area (Å²) in [4.78, 5) is 32.2. The summed E-state index contributed by atoms with van der Waals surface area (Å²) >= 11 is 0. The summed E-state index contributed by atoms with van der Waals surface area (Å²) in [5, 5.41) is 8.20. The predicted octanol–water partition coefficient (Wildman–Crippen LogP) is 1.67. The van der Waals surface area contributed by atoms with E-state index in [4.69, 9.17) is 0 Å². The first kappa shape index (κ1) is 19.1. The number of carbonyl (C=O) groups excluding carboxylic acids is 2.